The van der Waals surface area contributed by atoms with Crippen molar-refractivity contribution in [3.05, 3.63) is 29.1 Å². The molecule has 0 saturated heterocycles. The Morgan fingerprint density at radius 1 is 1.42 bits per heavy atom. The van der Waals surface area contributed by atoms with Gasteiger partial charge in [-0.25, -0.2) is 4.39 Å². The first-order valence-corrected chi connectivity index (χ1v) is 5.62. The number of anilines is 1. The number of benzene rings is 1. The molecule has 0 aromatic heterocycles. The zero-order chi connectivity index (χ0) is 14.6. The second kappa shape index (κ2) is 6.08. The summed E-state index contributed by atoms with van der Waals surface area (Å²) >= 11 is 5.31. The summed E-state index contributed by atoms with van der Waals surface area (Å²) in [5.41, 5.74) is -2.36. The first kappa shape index (κ1) is 15.5. The van der Waals surface area contributed by atoms with Crippen LogP contribution in [0.2, 0.25) is 0 Å². The molecule has 0 spiro atoms. The first-order chi connectivity index (χ1) is 8.81. The molecule has 1 aromatic carbocycles. The van der Waals surface area contributed by atoms with Crippen LogP contribution in [0, 0.1) is 17.1 Å². The Morgan fingerprint density at radius 3 is 2.53 bits per heavy atom. The Morgan fingerprint density at radius 2 is 2.05 bits per heavy atom. The maximum Gasteiger partial charge on any atom is 0.419 e. The highest BCUT2D eigenvalue weighted by molar-refractivity contribution is 6.18. The van der Waals surface area contributed by atoms with Crippen molar-refractivity contribution in [2.75, 3.05) is 17.7 Å². The molecular formula is C11H9ClF4N2O. The number of hydrogen-bond acceptors (Lipinski definition) is 3. The van der Waals surface area contributed by atoms with Crippen molar-refractivity contribution in [3.63, 3.8) is 0 Å². The summed E-state index contributed by atoms with van der Waals surface area (Å²) in [7, 11) is 0. The topological polar surface area (TPSA) is 56.0 Å². The third-order valence-corrected chi connectivity index (χ3v) is 2.62. The third-order valence-electron chi connectivity index (χ3n) is 2.26. The lowest BCUT2D eigenvalue weighted by Gasteiger charge is -2.15. The molecule has 0 radical (unpaired) electrons. The van der Waals surface area contributed by atoms with Crippen LogP contribution in [0.15, 0.2) is 12.1 Å². The van der Waals surface area contributed by atoms with Crippen LogP contribution in [-0.4, -0.2) is 23.6 Å². The molecule has 1 rings (SSSR count). The zero-order valence-electron chi connectivity index (χ0n) is 9.43. The van der Waals surface area contributed by atoms with Crippen LogP contribution in [0.5, 0.6) is 0 Å². The molecule has 104 valence electrons. The summed E-state index contributed by atoms with van der Waals surface area (Å²) < 4.78 is 51.2. The summed E-state index contributed by atoms with van der Waals surface area (Å²) in [6.45, 7) is -0.267. The number of nitriles is 1. The largest absolute Gasteiger partial charge is 0.419 e. The molecule has 0 heterocycles. The lowest BCUT2D eigenvalue weighted by atomic mass is 10.1. The molecule has 2 N–H and O–H groups in total. The van der Waals surface area contributed by atoms with Crippen LogP contribution < -0.4 is 5.32 Å². The highest BCUT2D eigenvalue weighted by Gasteiger charge is 2.35. The van der Waals surface area contributed by atoms with Crippen LogP contribution in [0.3, 0.4) is 0 Å². The van der Waals surface area contributed by atoms with Crippen molar-refractivity contribution in [2.45, 2.75) is 12.3 Å². The van der Waals surface area contributed by atoms with Crippen molar-refractivity contribution in [2.24, 2.45) is 0 Å². The van der Waals surface area contributed by atoms with Crippen LogP contribution in [0.25, 0.3) is 0 Å². The average molecular weight is 297 g/mol. The molecule has 3 nitrogen and oxygen atoms in total. The van der Waals surface area contributed by atoms with Gasteiger partial charge in [-0.2, -0.15) is 18.4 Å². The first-order valence-electron chi connectivity index (χ1n) is 5.09. The van der Waals surface area contributed by atoms with E-state index in [0.717, 1.165) is 6.07 Å². The molecule has 0 aliphatic rings. The number of halogens is 5. The van der Waals surface area contributed by atoms with E-state index in [9.17, 15) is 22.7 Å². The predicted octanol–water partition coefficient (Wildman–Crippen LogP) is 2.73. The summed E-state index contributed by atoms with van der Waals surface area (Å²) in [5, 5.41) is 20.2. The Balaban J connectivity index is 3.16. The summed E-state index contributed by atoms with van der Waals surface area (Å²) in [4.78, 5) is 0. The molecule has 8 heteroatoms. The van der Waals surface area contributed by atoms with E-state index >= 15 is 0 Å². The minimum atomic E-state index is -4.86. The maximum absolute atomic E-state index is 13.7. The fourth-order valence-corrected chi connectivity index (χ4v) is 1.44. The second-order valence-corrected chi connectivity index (χ2v) is 3.96. The Bertz CT molecular complexity index is 499. The summed E-state index contributed by atoms with van der Waals surface area (Å²) in [6.07, 6.45) is -5.93. The number of nitrogens with one attached hydrogen (secondary N) is 1. The fraction of sp³-hybridized carbons (Fsp3) is 0.364. The predicted molar refractivity (Wildman–Crippen MR) is 61.3 cm³/mol. The molecule has 0 bridgehead atoms. The molecule has 1 aromatic rings. The van der Waals surface area contributed by atoms with Crippen molar-refractivity contribution in [1.82, 2.24) is 0 Å². The number of aliphatic hydroxyl groups excluding tert-OH is 1. The minimum Gasteiger partial charge on any atom is -0.390 e. The van der Waals surface area contributed by atoms with E-state index in [4.69, 9.17) is 16.9 Å². The van der Waals surface area contributed by atoms with E-state index in [1.165, 1.54) is 0 Å². The number of nitrogens with zero attached hydrogens (tertiary/aromatic N) is 1. The molecule has 0 aliphatic heterocycles. The van der Waals surface area contributed by atoms with E-state index in [1.54, 1.807) is 6.07 Å². The lowest BCUT2D eigenvalue weighted by molar-refractivity contribution is -0.139. The molecule has 0 amide bonds. The minimum absolute atomic E-state index is 0.171. The smallest absolute Gasteiger partial charge is 0.390 e. The average Bonchev–Trinajstić information content (AvgIpc) is 2.34. The Kier molecular flexibility index (Phi) is 4.97. The van der Waals surface area contributed by atoms with Gasteiger partial charge in [0, 0.05) is 6.54 Å². The SMILES string of the molecule is N#Cc1ccc(C(F)(F)F)c(F)c1NCC(O)CCl. The molecule has 1 unspecified atom stereocenters. The monoisotopic (exact) mass is 296 g/mol. The molecule has 0 fully saturated rings. The van der Waals surface area contributed by atoms with Crippen LogP contribution >= 0.6 is 11.6 Å². The quantitative estimate of drug-likeness (QED) is 0.663. The summed E-state index contributed by atoms with van der Waals surface area (Å²) in [6, 6.07) is 2.93. The van der Waals surface area contributed by atoms with Gasteiger partial charge in [0.05, 0.1) is 28.8 Å². The fourth-order valence-electron chi connectivity index (χ4n) is 1.34. The summed E-state index contributed by atoms with van der Waals surface area (Å²) in [5.74, 6) is -1.75. The lowest BCUT2D eigenvalue weighted by Crippen LogP contribution is -2.22. The van der Waals surface area contributed by atoms with Crippen molar-refractivity contribution in [3.8, 4) is 6.07 Å². The number of alkyl halides is 4. The van der Waals surface area contributed by atoms with Gasteiger partial charge >= 0.3 is 6.18 Å². The molecular weight excluding hydrogens is 288 g/mol. The Labute approximate surface area is 111 Å². The third kappa shape index (κ3) is 3.72. The van der Waals surface area contributed by atoms with Crippen molar-refractivity contribution in [1.29, 1.82) is 5.26 Å². The van der Waals surface area contributed by atoms with Crippen molar-refractivity contribution < 1.29 is 22.7 Å². The molecule has 0 aliphatic carbocycles. The number of hydrogen-bond donors (Lipinski definition) is 2. The van der Waals surface area contributed by atoms with Gasteiger partial charge in [-0.05, 0) is 12.1 Å². The Hall–Kier alpha value is -1.52. The van der Waals surface area contributed by atoms with Gasteiger partial charge in [-0.15, -0.1) is 11.6 Å². The van der Waals surface area contributed by atoms with Crippen LogP contribution in [0.4, 0.5) is 23.2 Å². The van der Waals surface area contributed by atoms with Crippen molar-refractivity contribution >= 4 is 17.3 Å². The highest BCUT2D eigenvalue weighted by atomic mass is 35.5. The van der Waals surface area contributed by atoms with Gasteiger partial charge in [0.15, 0.2) is 5.82 Å². The van der Waals surface area contributed by atoms with E-state index in [1.807, 2.05) is 0 Å². The normalized spacial score (nSPS) is 12.9. The standard InChI is InChI=1S/C11H9ClF4N2O/c12-3-7(19)5-18-10-6(4-17)1-2-8(9(10)13)11(14,15)16/h1-2,7,18-19H,3,5H2. The highest BCUT2D eigenvalue weighted by Crippen LogP contribution is 2.35. The van der Waals surface area contributed by atoms with E-state index in [2.05, 4.69) is 5.32 Å². The number of rotatable bonds is 4. The van der Waals surface area contributed by atoms with Gasteiger partial charge in [-0.1, -0.05) is 0 Å². The van der Waals surface area contributed by atoms with Crippen LogP contribution in [-0.2, 0) is 6.18 Å². The van der Waals surface area contributed by atoms with E-state index in [0.29, 0.717) is 6.07 Å². The van der Waals surface area contributed by atoms with Gasteiger partial charge < -0.3 is 10.4 Å². The number of aliphatic hydroxyl groups is 1. The second-order valence-electron chi connectivity index (χ2n) is 3.65. The molecule has 19 heavy (non-hydrogen) atoms. The maximum atomic E-state index is 13.7. The molecule has 1 atom stereocenters. The zero-order valence-corrected chi connectivity index (χ0v) is 10.2. The van der Waals surface area contributed by atoms with E-state index < -0.39 is 29.3 Å². The van der Waals surface area contributed by atoms with Gasteiger partial charge in [0.2, 0.25) is 0 Å². The van der Waals surface area contributed by atoms with Crippen LogP contribution in [0.1, 0.15) is 11.1 Å². The molecule has 0 saturated carbocycles. The van der Waals surface area contributed by atoms with Gasteiger partial charge in [-0.3, -0.25) is 0 Å². The van der Waals surface area contributed by atoms with Gasteiger partial charge in [0.25, 0.3) is 0 Å². The van der Waals surface area contributed by atoms with E-state index in [-0.39, 0.29) is 18.0 Å². The van der Waals surface area contributed by atoms with Gasteiger partial charge in [0.1, 0.15) is 6.07 Å².